The lowest BCUT2D eigenvalue weighted by Gasteiger charge is -2.37. The Morgan fingerprint density at radius 2 is 1.21 bits per heavy atom. The molecule has 0 bridgehead atoms. The molecule has 1 aliphatic carbocycles. The lowest BCUT2D eigenvalue weighted by molar-refractivity contribution is -0.0803. The van der Waals surface area contributed by atoms with Gasteiger partial charge in [-0.25, -0.2) is 0 Å². The van der Waals surface area contributed by atoms with Crippen molar-refractivity contribution in [2.75, 3.05) is 0 Å². The van der Waals surface area contributed by atoms with E-state index in [0.29, 0.717) is 11.8 Å². The van der Waals surface area contributed by atoms with E-state index in [-0.39, 0.29) is 0 Å². The molecule has 1 fully saturated rings. The van der Waals surface area contributed by atoms with Gasteiger partial charge in [0.2, 0.25) is 0 Å². The molecule has 0 aromatic carbocycles. The second-order valence-corrected chi connectivity index (χ2v) is 4.66. The summed E-state index contributed by atoms with van der Waals surface area (Å²) in [4.78, 5) is 0. The first-order valence-electron chi connectivity index (χ1n) is 6.06. The summed E-state index contributed by atoms with van der Waals surface area (Å²) in [6, 6.07) is 0. The van der Waals surface area contributed by atoms with E-state index in [0.717, 1.165) is 38.5 Å². The number of hydrogen-bond donors (Lipinski definition) is 2. The Morgan fingerprint density at radius 1 is 0.857 bits per heavy atom. The van der Waals surface area contributed by atoms with Gasteiger partial charge >= 0.3 is 0 Å². The molecule has 4 atom stereocenters. The van der Waals surface area contributed by atoms with E-state index < -0.39 is 12.2 Å². The molecular weight excluding hydrogens is 176 g/mol. The van der Waals surface area contributed by atoms with Crippen molar-refractivity contribution in [1.82, 2.24) is 0 Å². The third-order valence-electron chi connectivity index (χ3n) is 3.54. The summed E-state index contributed by atoms with van der Waals surface area (Å²) in [5, 5.41) is 19.8. The molecule has 2 heteroatoms. The summed E-state index contributed by atoms with van der Waals surface area (Å²) in [7, 11) is 0. The summed E-state index contributed by atoms with van der Waals surface area (Å²) in [5.41, 5.74) is 0. The minimum Gasteiger partial charge on any atom is -0.390 e. The Hall–Kier alpha value is -0.0800. The van der Waals surface area contributed by atoms with Crippen LogP contribution in [0.1, 0.15) is 52.4 Å². The maximum atomic E-state index is 9.92. The van der Waals surface area contributed by atoms with Crippen LogP contribution in [0.15, 0.2) is 0 Å². The Labute approximate surface area is 87.3 Å². The molecule has 0 aromatic heterocycles. The van der Waals surface area contributed by atoms with Crippen LogP contribution < -0.4 is 0 Å². The molecule has 0 aromatic rings. The Morgan fingerprint density at radius 3 is 1.50 bits per heavy atom. The standard InChI is InChI=1S/C12H24O2/c1-3-5-9-7-8-10(6-4-2)12(14)11(9)13/h9-14H,3-8H2,1-2H3. The lowest BCUT2D eigenvalue weighted by Crippen LogP contribution is -2.43. The van der Waals surface area contributed by atoms with E-state index in [1.165, 1.54) is 0 Å². The van der Waals surface area contributed by atoms with Crippen LogP contribution in [0.3, 0.4) is 0 Å². The SMILES string of the molecule is CCCC1CCC(CCC)C(O)C1O. The first-order valence-corrected chi connectivity index (χ1v) is 6.06. The highest BCUT2D eigenvalue weighted by atomic mass is 16.3. The van der Waals surface area contributed by atoms with Gasteiger partial charge in [0.15, 0.2) is 0 Å². The van der Waals surface area contributed by atoms with Crippen molar-refractivity contribution in [3.8, 4) is 0 Å². The smallest absolute Gasteiger partial charge is 0.0829 e. The van der Waals surface area contributed by atoms with Gasteiger partial charge in [0.25, 0.3) is 0 Å². The van der Waals surface area contributed by atoms with E-state index in [4.69, 9.17) is 0 Å². The molecule has 4 unspecified atom stereocenters. The monoisotopic (exact) mass is 200 g/mol. The fourth-order valence-electron chi connectivity index (χ4n) is 2.70. The molecule has 1 saturated carbocycles. The topological polar surface area (TPSA) is 40.5 Å². The van der Waals surface area contributed by atoms with Crippen molar-refractivity contribution in [3.63, 3.8) is 0 Å². The molecule has 0 amide bonds. The van der Waals surface area contributed by atoms with Gasteiger partial charge in [0.05, 0.1) is 12.2 Å². The van der Waals surface area contributed by atoms with Crippen molar-refractivity contribution in [2.24, 2.45) is 11.8 Å². The van der Waals surface area contributed by atoms with Crippen LogP contribution in [-0.2, 0) is 0 Å². The van der Waals surface area contributed by atoms with Gasteiger partial charge in [-0.2, -0.15) is 0 Å². The zero-order valence-electron chi connectivity index (χ0n) is 9.45. The molecule has 1 aliphatic rings. The molecule has 0 aliphatic heterocycles. The van der Waals surface area contributed by atoms with Gasteiger partial charge in [0.1, 0.15) is 0 Å². The highest BCUT2D eigenvalue weighted by Crippen LogP contribution is 2.34. The quantitative estimate of drug-likeness (QED) is 0.731. The minimum atomic E-state index is -0.472. The van der Waals surface area contributed by atoms with E-state index in [9.17, 15) is 10.2 Å². The van der Waals surface area contributed by atoms with Gasteiger partial charge in [-0.15, -0.1) is 0 Å². The normalized spacial score (nSPS) is 38.6. The van der Waals surface area contributed by atoms with Crippen LogP contribution in [0.25, 0.3) is 0 Å². The van der Waals surface area contributed by atoms with Crippen molar-refractivity contribution in [2.45, 2.75) is 64.6 Å². The van der Waals surface area contributed by atoms with Gasteiger partial charge in [-0.3, -0.25) is 0 Å². The lowest BCUT2D eigenvalue weighted by atomic mass is 9.74. The van der Waals surface area contributed by atoms with Gasteiger partial charge in [-0.05, 0) is 37.5 Å². The first-order chi connectivity index (χ1) is 6.70. The molecule has 0 radical (unpaired) electrons. The molecule has 2 nitrogen and oxygen atoms in total. The Kier molecular flexibility index (Phi) is 4.90. The fraction of sp³-hybridized carbons (Fsp3) is 1.00. The predicted octanol–water partition coefficient (Wildman–Crippen LogP) is 2.33. The molecular formula is C12H24O2. The molecule has 84 valence electrons. The minimum absolute atomic E-state index is 0.336. The number of aliphatic hydroxyl groups is 2. The van der Waals surface area contributed by atoms with Crippen LogP contribution in [-0.4, -0.2) is 22.4 Å². The molecule has 14 heavy (non-hydrogen) atoms. The van der Waals surface area contributed by atoms with Crippen LogP contribution in [0.2, 0.25) is 0 Å². The van der Waals surface area contributed by atoms with E-state index in [1.807, 2.05) is 0 Å². The summed E-state index contributed by atoms with van der Waals surface area (Å²) in [6.07, 6.45) is 5.56. The van der Waals surface area contributed by atoms with Gasteiger partial charge in [-0.1, -0.05) is 26.7 Å². The average Bonchev–Trinajstić information content (AvgIpc) is 2.18. The van der Waals surface area contributed by atoms with Crippen molar-refractivity contribution >= 4 is 0 Å². The first kappa shape index (κ1) is 12.0. The summed E-state index contributed by atoms with van der Waals surface area (Å²) in [5.74, 6) is 0.672. The summed E-state index contributed by atoms with van der Waals surface area (Å²) in [6.45, 7) is 4.27. The Bertz CT molecular complexity index is 140. The second-order valence-electron chi connectivity index (χ2n) is 4.66. The number of hydrogen-bond acceptors (Lipinski definition) is 2. The Balaban J connectivity index is 2.46. The van der Waals surface area contributed by atoms with E-state index >= 15 is 0 Å². The third kappa shape index (κ3) is 2.71. The number of aliphatic hydroxyl groups excluding tert-OH is 2. The van der Waals surface area contributed by atoms with E-state index in [2.05, 4.69) is 13.8 Å². The summed E-state index contributed by atoms with van der Waals surface area (Å²) < 4.78 is 0. The van der Waals surface area contributed by atoms with E-state index in [1.54, 1.807) is 0 Å². The average molecular weight is 200 g/mol. The van der Waals surface area contributed by atoms with Gasteiger partial charge in [0, 0.05) is 0 Å². The molecule has 0 heterocycles. The van der Waals surface area contributed by atoms with Crippen molar-refractivity contribution in [1.29, 1.82) is 0 Å². The van der Waals surface area contributed by atoms with Crippen LogP contribution in [0.5, 0.6) is 0 Å². The zero-order chi connectivity index (χ0) is 10.6. The molecule has 2 N–H and O–H groups in total. The third-order valence-corrected chi connectivity index (χ3v) is 3.54. The van der Waals surface area contributed by atoms with Crippen molar-refractivity contribution < 1.29 is 10.2 Å². The fourth-order valence-corrected chi connectivity index (χ4v) is 2.70. The second kappa shape index (κ2) is 5.72. The largest absolute Gasteiger partial charge is 0.390 e. The summed E-state index contributed by atoms with van der Waals surface area (Å²) >= 11 is 0. The maximum absolute atomic E-state index is 9.92. The maximum Gasteiger partial charge on any atom is 0.0829 e. The predicted molar refractivity (Wildman–Crippen MR) is 58.0 cm³/mol. The molecule has 0 saturated heterocycles. The number of rotatable bonds is 4. The van der Waals surface area contributed by atoms with Crippen LogP contribution in [0, 0.1) is 11.8 Å². The highest BCUT2D eigenvalue weighted by Gasteiger charge is 2.35. The van der Waals surface area contributed by atoms with Crippen LogP contribution in [0.4, 0.5) is 0 Å². The molecule has 1 rings (SSSR count). The van der Waals surface area contributed by atoms with Crippen molar-refractivity contribution in [3.05, 3.63) is 0 Å². The highest BCUT2D eigenvalue weighted by molar-refractivity contribution is 4.86. The van der Waals surface area contributed by atoms with Crippen LogP contribution >= 0.6 is 0 Å². The molecule has 0 spiro atoms. The van der Waals surface area contributed by atoms with Gasteiger partial charge < -0.3 is 10.2 Å². The zero-order valence-corrected chi connectivity index (χ0v) is 9.45.